The quantitative estimate of drug-likeness (QED) is 0.0501. The fraction of sp³-hybridized carbons (Fsp3) is 0.720. The van der Waals surface area contributed by atoms with Crippen LogP contribution in [0, 0.1) is 0 Å². The van der Waals surface area contributed by atoms with Crippen LogP contribution in [0.15, 0.2) is 60.7 Å². The Balaban J connectivity index is 0.00000112. The average molecular weight is 949 g/mol. The number of rotatable bonds is 38. The first kappa shape index (κ1) is 57.8. The van der Waals surface area contributed by atoms with Crippen molar-refractivity contribution >= 4 is 60.8 Å². The van der Waals surface area contributed by atoms with Crippen LogP contribution in [0.5, 0.6) is 0 Å². The van der Waals surface area contributed by atoms with E-state index < -0.39 is 11.9 Å². The molecule has 332 valence electrons. The fourth-order valence-electron chi connectivity index (χ4n) is 7.27. The number of benzene rings is 2. The number of carboxylic acids is 2. The van der Waals surface area contributed by atoms with Crippen LogP contribution in [0.25, 0.3) is 0 Å². The van der Waals surface area contributed by atoms with Gasteiger partial charge in [-0.05, 0) is 62.5 Å². The molecular weight excluding hydrogens is 866 g/mol. The summed E-state index contributed by atoms with van der Waals surface area (Å²) in [5.74, 6) is -2.17. The van der Waals surface area contributed by atoms with E-state index in [1.165, 1.54) is 103 Å². The Morgan fingerprint density at radius 1 is 0.458 bits per heavy atom. The van der Waals surface area contributed by atoms with Crippen LogP contribution in [0.1, 0.15) is 205 Å². The maximum absolute atomic E-state index is 11.0. The number of hydrogen-bond acceptors (Lipinski definition) is 8. The second kappa shape index (κ2) is 42.1. The van der Waals surface area contributed by atoms with Gasteiger partial charge in [0.2, 0.25) is 0 Å². The second-order valence-electron chi connectivity index (χ2n) is 16.4. The third-order valence-corrected chi connectivity index (χ3v) is 10.9. The molecule has 2 aromatic rings. The molecule has 0 saturated heterocycles. The van der Waals surface area contributed by atoms with Crippen LogP contribution >= 0.6 is 0 Å². The van der Waals surface area contributed by atoms with E-state index in [1.807, 2.05) is 60.7 Å². The van der Waals surface area contributed by atoms with E-state index in [0.29, 0.717) is 38.9 Å². The van der Waals surface area contributed by atoms with Crippen molar-refractivity contribution in [3.63, 3.8) is 0 Å². The van der Waals surface area contributed by atoms with Crippen molar-refractivity contribution in [2.75, 3.05) is 0 Å². The van der Waals surface area contributed by atoms with E-state index in [1.54, 1.807) is 0 Å². The molecule has 0 aliphatic rings. The summed E-state index contributed by atoms with van der Waals surface area (Å²) in [6, 6.07) is 19.5. The standard InChI is InChI=1S/2C25H42O4.Ba/c2*1-2-3-4-5-6-7-8-9-13-17-23(26)18-14-19-24(20-25(27)28)29-21-22-15-11-10-12-16-22;/h2*10-12,15-16,23-24,26H,2-9,13-14,17-21H2,1H3,(H,27,28);/q;;+2/p-2. The molecular formula is C50H82BaO8. The third-order valence-electron chi connectivity index (χ3n) is 10.9. The molecule has 4 atom stereocenters. The van der Waals surface area contributed by atoms with Gasteiger partial charge in [0.1, 0.15) is 0 Å². The Morgan fingerprint density at radius 3 is 1.05 bits per heavy atom. The first-order chi connectivity index (χ1) is 28.2. The van der Waals surface area contributed by atoms with Gasteiger partial charge >= 0.3 is 48.9 Å². The van der Waals surface area contributed by atoms with Crippen LogP contribution in [0.3, 0.4) is 0 Å². The Morgan fingerprint density at radius 2 is 0.746 bits per heavy atom. The minimum Gasteiger partial charge on any atom is -0.550 e. The Labute approximate surface area is 400 Å². The number of hydrogen-bond donors (Lipinski definition) is 2. The summed E-state index contributed by atoms with van der Waals surface area (Å²) in [5, 5.41) is 42.3. The van der Waals surface area contributed by atoms with E-state index in [-0.39, 0.29) is 86.1 Å². The normalized spacial score (nSPS) is 13.1. The van der Waals surface area contributed by atoms with E-state index >= 15 is 0 Å². The summed E-state index contributed by atoms with van der Waals surface area (Å²) in [6.45, 7) is 5.29. The van der Waals surface area contributed by atoms with Crippen LogP contribution in [0.4, 0.5) is 0 Å². The zero-order chi connectivity index (χ0) is 42.3. The van der Waals surface area contributed by atoms with Gasteiger partial charge in [0.15, 0.2) is 0 Å². The van der Waals surface area contributed by atoms with E-state index in [2.05, 4.69) is 13.8 Å². The maximum Gasteiger partial charge on any atom is 2.00 e. The summed E-state index contributed by atoms with van der Waals surface area (Å²) in [7, 11) is 0. The summed E-state index contributed by atoms with van der Waals surface area (Å²) in [6.07, 6.45) is 27.5. The molecule has 59 heavy (non-hydrogen) atoms. The molecule has 2 N–H and O–H groups in total. The molecule has 2 rings (SSSR count). The minimum absolute atomic E-state index is 0. The largest absolute Gasteiger partial charge is 2.00 e. The van der Waals surface area contributed by atoms with Gasteiger partial charge in [-0.1, -0.05) is 190 Å². The Bertz CT molecular complexity index is 1110. The molecule has 0 bridgehead atoms. The first-order valence-corrected chi connectivity index (χ1v) is 23.3. The van der Waals surface area contributed by atoms with Gasteiger partial charge in [0, 0.05) is 24.8 Å². The van der Waals surface area contributed by atoms with E-state index in [9.17, 15) is 30.0 Å². The molecule has 0 radical (unpaired) electrons. The molecule has 0 aliphatic heterocycles. The number of aliphatic hydroxyl groups excluding tert-OH is 2. The van der Waals surface area contributed by atoms with Gasteiger partial charge in [-0.3, -0.25) is 0 Å². The molecule has 4 unspecified atom stereocenters. The number of ether oxygens (including phenoxy) is 2. The van der Waals surface area contributed by atoms with Gasteiger partial charge in [-0.15, -0.1) is 0 Å². The average Bonchev–Trinajstić information content (AvgIpc) is 3.21. The number of unbranched alkanes of at least 4 members (excludes halogenated alkanes) is 16. The minimum atomic E-state index is -1.08. The maximum atomic E-state index is 11.0. The molecule has 0 aromatic heterocycles. The number of carboxylic acid groups (broad SMARTS) is 2. The van der Waals surface area contributed by atoms with Crippen molar-refractivity contribution in [2.45, 2.75) is 231 Å². The molecule has 0 aliphatic carbocycles. The van der Waals surface area contributed by atoms with E-state index in [4.69, 9.17) is 9.47 Å². The molecule has 0 spiro atoms. The summed E-state index contributed by atoms with van der Waals surface area (Å²) in [5.41, 5.74) is 2.06. The smallest absolute Gasteiger partial charge is 0.550 e. The van der Waals surface area contributed by atoms with Gasteiger partial charge in [-0.2, -0.15) is 0 Å². The van der Waals surface area contributed by atoms with Gasteiger partial charge in [0.05, 0.1) is 37.6 Å². The van der Waals surface area contributed by atoms with Crippen molar-refractivity contribution in [1.29, 1.82) is 0 Å². The summed E-state index contributed by atoms with van der Waals surface area (Å²) in [4.78, 5) is 22.0. The predicted molar refractivity (Wildman–Crippen MR) is 238 cm³/mol. The summed E-state index contributed by atoms with van der Waals surface area (Å²) >= 11 is 0. The molecule has 8 nitrogen and oxygen atoms in total. The Hall–Kier alpha value is -1.21. The molecule has 0 heterocycles. The zero-order valence-corrected chi connectivity index (χ0v) is 41.8. The van der Waals surface area contributed by atoms with E-state index in [0.717, 1.165) is 49.7 Å². The van der Waals surface area contributed by atoms with Gasteiger partial charge in [0.25, 0.3) is 0 Å². The molecule has 0 fully saturated rings. The second-order valence-corrected chi connectivity index (χ2v) is 16.4. The third kappa shape index (κ3) is 38.2. The monoisotopic (exact) mass is 949 g/mol. The van der Waals surface area contributed by atoms with Crippen molar-refractivity contribution in [2.24, 2.45) is 0 Å². The van der Waals surface area contributed by atoms with Crippen molar-refractivity contribution < 1.29 is 39.5 Å². The van der Waals surface area contributed by atoms with Crippen LogP contribution < -0.4 is 10.2 Å². The van der Waals surface area contributed by atoms with Crippen molar-refractivity contribution in [3.8, 4) is 0 Å². The van der Waals surface area contributed by atoms with Crippen LogP contribution in [0.2, 0.25) is 0 Å². The number of carbonyl (C=O) groups is 2. The van der Waals surface area contributed by atoms with Crippen molar-refractivity contribution in [3.05, 3.63) is 71.8 Å². The number of carbonyl (C=O) groups excluding carboxylic acids is 2. The molecule has 0 amide bonds. The predicted octanol–water partition coefficient (Wildman–Crippen LogP) is 9.95. The van der Waals surface area contributed by atoms with Crippen LogP contribution in [-0.4, -0.2) is 95.4 Å². The first-order valence-electron chi connectivity index (χ1n) is 23.3. The zero-order valence-electron chi connectivity index (χ0n) is 37.3. The molecule has 9 heteroatoms. The van der Waals surface area contributed by atoms with Crippen LogP contribution in [-0.2, 0) is 32.3 Å². The topological polar surface area (TPSA) is 139 Å². The SMILES string of the molecule is CCCCCCCCCCCC(O)CCCC(CC(=O)[O-])OCc1ccccc1.CCCCCCCCCCCC(O)CCCC(CC(=O)[O-])OCc1ccccc1.[Ba+2]. The van der Waals surface area contributed by atoms with Crippen molar-refractivity contribution in [1.82, 2.24) is 0 Å². The van der Waals surface area contributed by atoms with Gasteiger partial charge < -0.3 is 39.5 Å². The van der Waals surface area contributed by atoms with Gasteiger partial charge in [-0.25, -0.2) is 0 Å². The molecule has 0 saturated carbocycles. The number of aliphatic carboxylic acids is 2. The molecule has 2 aromatic carbocycles. The summed E-state index contributed by atoms with van der Waals surface area (Å²) < 4.78 is 11.6. The Kier molecular flexibility index (Phi) is 41.2. The fourth-order valence-corrected chi connectivity index (χ4v) is 7.27. The number of aliphatic hydroxyl groups is 2.